The van der Waals surface area contributed by atoms with Gasteiger partial charge in [0.15, 0.2) is 0 Å². The molecule has 2 heterocycles. The molecule has 1 saturated heterocycles. The third kappa shape index (κ3) is 11.5. The van der Waals surface area contributed by atoms with E-state index in [0.29, 0.717) is 25.1 Å². The van der Waals surface area contributed by atoms with Gasteiger partial charge in [-0.3, -0.25) is 33.3 Å². The number of hydrogen-bond donors (Lipinski definition) is 7. The van der Waals surface area contributed by atoms with Crippen molar-refractivity contribution in [1.82, 2.24) is 35.7 Å². The lowest BCUT2D eigenvalue weighted by atomic mass is 10.0. The number of nitrogens with two attached hydrogens (primary N) is 1. The smallest absolute Gasteiger partial charge is 0.368 e. The van der Waals surface area contributed by atoms with Crippen molar-refractivity contribution in [3.05, 3.63) is 18.2 Å². The van der Waals surface area contributed by atoms with E-state index in [1.807, 2.05) is 13.8 Å². The SMILES string of the molecule is CC(=O)N1CCCC1C(=O)N[C@@H](CC(C)C)C(=O)N[C@@H](Cc1cncn1C)C(=O)N[C@@H](C)C(=O)N[C@H](C(N)=O)[C@@H](C)OP(=O)(O)O. The fourth-order valence-electron chi connectivity index (χ4n) is 5.01. The molecule has 18 nitrogen and oxygen atoms in total. The van der Waals surface area contributed by atoms with E-state index in [-0.39, 0.29) is 24.7 Å². The van der Waals surface area contributed by atoms with Gasteiger partial charge in [-0.15, -0.1) is 0 Å². The van der Waals surface area contributed by atoms with Gasteiger partial charge < -0.3 is 46.3 Å². The van der Waals surface area contributed by atoms with Gasteiger partial charge in [-0.1, -0.05) is 13.8 Å². The van der Waals surface area contributed by atoms with Crippen LogP contribution in [0, 0.1) is 5.92 Å². The number of phosphoric ester groups is 1. The Morgan fingerprint density at radius 1 is 1.02 bits per heavy atom. The third-order valence-corrected chi connectivity index (χ3v) is 8.00. The molecule has 2 rings (SSSR count). The van der Waals surface area contributed by atoms with Crippen molar-refractivity contribution >= 4 is 43.3 Å². The molecule has 0 radical (unpaired) electrons. The van der Waals surface area contributed by atoms with Crippen LogP contribution in [0.1, 0.15) is 59.6 Å². The molecule has 1 aromatic rings. The average molecular weight is 673 g/mol. The monoisotopic (exact) mass is 672 g/mol. The maximum Gasteiger partial charge on any atom is 0.469 e. The number of imidazole rings is 1. The number of amides is 6. The summed E-state index contributed by atoms with van der Waals surface area (Å²) in [6, 6.07) is -5.98. The Labute approximate surface area is 266 Å². The highest BCUT2D eigenvalue weighted by atomic mass is 31.2. The summed E-state index contributed by atoms with van der Waals surface area (Å²) in [6.45, 7) is 7.92. The normalized spacial score (nSPS) is 18.2. The Balaban J connectivity index is 2.23. The molecule has 0 aliphatic carbocycles. The van der Waals surface area contributed by atoms with Gasteiger partial charge in [0.05, 0.1) is 12.4 Å². The van der Waals surface area contributed by atoms with Crippen molar-refractivity contribution in [3.63, 3.8) is 0 Å². The number of likely N-dealkylation sites (tertiary alicyclic amines) is 1. The molecule has 0 spiro atoms. The first-order chi connectivity index (χ1) is 21.3. The standard InChI is InChI=1S/C27H45N8O10P/c1-14(2)10-19(32-27(41)21-8-7-9-35(21)17(5)36)26(40)31-20(11-18-12-29-13-34(18)6)25(39)30-15(3)24(38)33-22(23(28)37)16(4)45-46(42,43)44/h12-16,19-22H,7-11H2,1-6H3,(H2,28,37)(H,30,39)(H,31,40)(H,32,41)(H,33,38)(H2,42,43,44)/t15-,16+,19-,20-,21?,22-/m0/s1. The van der Waals surface area contributed by atoms with Crippen molar-refractivity contribution in [2.24, 2.45) is 18.7 Å². The number of aromatic nitrogens is 2. The summed E-state index contributed by atoms with van der Waals surface area (Å²) < 4.78 is 17.3. The molecule has 1 aromatic heterocycles. The topological polar surface area (TPSA) is 264 Å². The summed E-state index contributed by atoms with van der Waals surface area (Å²) in [5.41, 5.74) is 5.84. The van der Waals surface area contributed by atoms with E-state index in [4.69, 9.17) is 15.5 Å². The molecule has 46 heavy (non-hydrogen) atoms. The highest BCUT2D eigenvalue weighted by molar-refractivity contribution is 7.46. The Kier molecular flexibility index (Phi) is 13.9. The molecule has 19 heteroatoms. The van der Waals surface area contributed by atoms with Crippen molar-refractivity contribution in [1.29, 1.82) is 0 Å². The predicted octanol–water partition coefficient (Wildman–Crippen LogP) is -2.04. The van der Waals surface area contributed by atoms with Gasteiger partial charge in [-0.2, -0.15) is 0 Å². The van der Waals surface area contributed by atoms with E-state index in [2.05, 4.69) is 30.8 Å². The second kappa shape index (κ2) is 16.6. The lowest BCUT2D eigenvalue weighted by Crippen LogP contribution is -2.59. The number of rotatable bonds is 16. The van der Waals surface area contributed by atoms with Crippen LogP contribution in [0.3, 0.4) is 0 Å². The van der Waals surface area contributed by atoms with Gasteiger partial charge in [0.25, 0.3) is 0 Å². The number of nitrogens with zero attached hydrogens (tertiary/aromatic N) is 3. The van der Waals surface area contributed by atoms with Gasteiger partial charge in [0, 0.05) is 38.8 Å². The number of carbonyl (C=O) groups is 6. The van der Waals surface area contributed by atoms with E-state index in [9.17, 15) is 33.3 Å². The van der Waals surface area contributed by atoms with E-state index in [0.717, 1.165) is 6.92 Å². The second-order valence-electron chi connectivity index (χ2n) is 11.7. The second-order valence-corrected chi connectivity index (χ2v) is 12.9. The molecule has 6 amide bonds. The number of nitrogens with one attached hydrogen (secondary N) is 4. The maximum atomic E-state index is 13.6. The molecule has 8 N–H and O–H groups in total. The molecule has 0 aromatic carbocycles. The van der Waals surface area contributed by atoms with Crippen molar-refractivity contribution in [2.45, 2.75) is 96.6 Å². The van der Waals surface area contributed by atoms with Crippen LogP contribution >= 0.6 is 7.82 Å². The van der Waals surface area contributed by atoms with Crippen LogP contribution in [0.5, 0.6) is 0 Å². The Morgan fingerprint density at radius 3 is 2.17 bits per heavy atom. The van der Waals surface area contributed by atoms with Crippen LogP contribution in [0.2, 0.25) is 0 Å². The summed E-state index contributed by atoms with van der Waals surface area (Å²) in [5.74, 6) is -4.29. The van der Waals surface area contributed by atoms with Crippen LogP contribution < -0.4 is 27.0 Å². The highest BCUT2D eigenvalue weighted by Gasteiger charge is 2.36. The number of phosphoric acid groups is 1. The fourth-order valence-corrected chi connectivity index (χ4v) is 5.57. The van der Waals surface area contributed by atoms with E-state index < -0.39 is 73.7 Å². The summed E-state index contributed by atoms with van der Waals surface area (Å²) in [5, 5.41) is 10.1. The summed E-state index contributed by atoms with van der Waals surface area (Å²) in [6.07, 6.45) is 2.75. The molecular weight excluding hydrogens is 627 g/mol. The zero-order valence-electron chi connectivity index (χ0n) is 26.8. The fraction of sp³-hybridized carbons (Fsp3) is 0.667. The first kappa shape index (κ1) is 38.3. The molecule has 1 aliphatic rings. The van der Waals surface area contributed by atoms with Gasteiger partial charge in [-0.05, 0) is 39.0 Å². The number of hydrogen-bond acceptors (Lipinski definition) is 9. The van der Waals surface area contributed by atoms with E-state index in [1.165, 1.54) is 31.3 Å². The largest absolute Gasteiger partial charge is 0.469 e. The van der Waals surface area contributed by atoms with Crippen molar-refractivity contribution in [3.8, 4) is 0 Å². The van der Waals surface area contributed by atoms with Crippen LogP contribution in [0.4, 0.5) is 0 Å². The first-order valence-electron chi connectivity index (χ1n) is 14.8. The van der Waals surface area contributed by atoms with Crippen molar-refractivity contribution in [2.75, 3.05) is 6.54 Å². The van der Waals surface area contributed by atoms with Gasteiger partial charge in [-0.25, -0.2) is 9.55 Å². The van der Waals surface area contributed by atoms with E-state index >= 15 is 0 Å². The predicted molar refractivity (Wildman–Crippen MR) is 162 cm³/mol. The lowest BCUT2D eigenvalue weighted by Gasteiger charge is -2.28. The maximum absolute atomic E-state index is 13.6. The van der Waals surface area contributed by atoms with E-state index in [1.54, 1.807) is 11.6 Å². The minimum absolute atomic E-state index is 0.0354. The average Bonchev–Trinajstić information content (AvgIpc) is 3.58. The zero-order valence-corrected chi connectivity index (χ0v) is 27.7. The number of carbonyl (C=O) groups excluding carboxylic acids is 6. The molecular formula is C27H45N8O10P. The summed E-state index contributed by atoms with van der Waals surface area (Å²) in [7, 11) is -3.34. The van der Waals surface area contributed by atoms with Crippen LogP contribution in [-0.4, -0.2) is 103 Å². The number of aryl methyl sites for hydroxylation is 1. The quantitative estimate of drug-likeness (QED) is 0.0941. The summed E-state index contributed by atoms with van der Waals surface area (Å²) >= 11 is 0. The summed E-state index contributed by atoms with van der Waals surface area (Å²) in [4.78, 5) is 101. The van der Waals surface area contributed by atoms with Gasteiger partial charge >= 0.3 is 7.82 Å². The molecule has 0 saturated carbocycles. The van der Waals surface area contributed by atoms with Crippen molar-refractivity contribution < 1.29 is 47.6 Å². The van der Waals surface area contributed by atoms with Crippen LogP contribution in [0.15, 0.2) is 12.5 Å². The Hall–Kier alpha value is -3.86. The molecule has 0 bridgehead atoms. The lowest BCUT2D eigenvalue weighted by molar-refractivity contribution is -0.138. The molecule has 1 unspecified atom stereocenters. The first-order valence-corrected chi connectivity index (χ1v) is 16.3. The third-order valence-electron chi connectivity index (χ3n) is 7.39. The van der Waals surface area contributed by atoms with Crippen LogP contribution in [-0.2, 0) is 51.3 Å². The number of primary amides is 1. The van der Waals surface area contributed by atoms with Gasteiger partial charge in [0.2, 0.25) is 35.4 Å². The van der Waals surface area contributed by atoms with Gasteiger partial charge in [0.1, 0.15) is 30.2 Å². The Morgan fingerprint density at radius 2 is 1.65 bits per heavy atom. The highest BCUT2D eigenvalue weighted by Crippen LogP contribution is 2.38. The zero-order chi connectivity index (χ0) is 34.9. The van der Waals surface area contributed by atoms with Crippen LogP contribution in [0.25, 0.3) is 0 Å². The molecule has 1 fully saturated rings. The Bertz CT molecular complexity index is 1330. The molecule has 6 atom stereocenters. The minimum Gasteiger partial charge on any atom is -0.368 e. The molecule has 258 valence electrons. The minimum atomic E-state index is -5.02. The molecule has 1 aliphatic heterocycles.